The van der Waals surface area contributed by atoms with Crippen molar-refractivity contribution in [1.29, 1.82) is 0 Å². The molecule has 2 rings (SSSR count). The van der Waals surface area contributed by atoms with E-state index in [1.54, 1.807) is 0 Å². The Labute approximate surface area is 105 Å². The average Bonchev–Trinajstić information content (AvgIpc) is 2.79. The molecule has 2 aromatic rings. The van der Waals surface area contributed by atoms with E-state index < -0.39 is 0 Å². The Morgan fingerprint density at radius 3 is 2.82 bits per heavy atom. The summed E-state index contributed by atoms with van der Waals surface area (Å²) in [6.45, 7) is 9.07. The molecule has 0 aliphatic rings. The van der Waals surface area contributed by atoms with Gasteiger partial charge in [-0.2, -0.15) is 5.10 Å². The number of H-pyrrole nitrogens is 1. The van der Waals surface area contributed by atoms with Crippen LogP contribution in [-0.2, 0) is 17.8 Å². The minimum absolute atomic E-state index is 0.672. The van der Waals surface area contributed by atoms with E-state index in [1.807, 2.05) is 18.5 Å². The van der Waals surface area contributed by atoms with E-state index >= 15 is 0 Å². The van der Waals surface area contributed by atoms with Crippen molar-refractivity contribution in [2.75, 3.05) is 13.2 Å². The first-order valence-corrected chi connectivity index (χ1v) is 6.33. The minimum Gasteiger partial charge on any atom is -0.380 e. The molecule has 94 valence electrons. The molecule has 17 heavy (non-hydrogen) atoms. The van der Waals surface area contributed by atoms with Gasteiger partial charge in [0.25, 0.3) is 0 Å². The van der Waals surface area contributed by atoms with Crippen LogP contribution < -0.4 is 0 Å². The number of fused-ring (bicyclic) bond motifs is 1. The molecule has 0 saturated heterocycles. The largest absolute Gasteiger partial charge is 0.380 e. The summed E-state index contributed by atoms with van der Waals surface area (Å²) in [5, 5.41) is 4.48. The van der Waals surface area contributed by atoms with E-state index in [4.69, 9.17) is 17.0 Å². The quantitative estimate of drug-likeness (QED) is 0.657. The van der Waals surface area contributed by atoms with Crippen LogP contribution in [0.15, 0.2) is 0 Å². The Kier molecular flexibility index (Phi) is 3.63. The maximum Gasteiger partial charge on any atom is 0.179 e. The monoisotopic (exact) mass is 254 g/mol. The molecule has 0 aliphatic heterocycles. The predicted molar refractivity (Wildman–Crippen MR) is 69.8 cm³/mol. The topological polar surface area (TPSA) is 47.8 Å². The van der Waals surface area contributed by atoms with Crippen molar-refractivity contribution in [3.8, 4) is 0 Å². The molecule has 2 aromatic heterocycles. The highest BCUT2D eigenvalue weighted by molar-refractivity contribution is 7.71. The highest BCUT2D eigenvalue weighted by atomic mass is 32.1. The number of rotatable bonds is 5. The lowest BCUT2D eigenvalue weighted by Crippen LogP contribution is -2.09. The van der Waals surface area contributed by atoms with Crippen molar-refractivity contribution < 1.29 is 4.74 Å². The van der Waals surface area contributed by atoms with Gasteiger partial charge in [-0.1, -0.05) is 0 Å². The van der Waals surface area contributed by atoms with Gasteiger partial charge in [0.1, 0.15) is 5.52 Å². The zero-order valence-electron chi connectivity index (χ0n) is 10.5. The van der Waals surface area contributed by atoms with Gasteiger partial charge in [0.15, 0.2) is 10.4 Å². The zero-order chi connectivity index (χ0) is 12.4. The van der Waals surface area contributed by atoms with Gasteiger partial charge in [0, 0.05) is 13.2 Å². The van der Waals surface area contributed by atoms with Crippen molar-refractivity contribution in [2.45, 2.75) is 33.9 Å². The molecule has 0 atom stereocenters. The summed E-state index contributed by atoms with van der Waals surface area (Å²) in [5.74, 6) is 0. The summed E-state index contributed by atoms with van der Waals surface area (Å²) >= 11 is 5.33. The van der Waals surface area contributed by atoms with Crippen LogP contribution in [0.5, 0.6) is 0 Å². The second-order valence-electron chi connectivity index (χ2n) is 3.88. The number of ether oxygens (including phenoxy) is 1. The second-order valence-corrected chi connectivity index (χ2v) is 4.27. The average molecular weight is 254 g/mol. The first kappa shape index (κ1) is 12.3. The molecule has 5 nitrogen and oxygen atoms in total. The van der Waals surface area contributed by atoms with Crippen LogP contribution in [0.3, 0.4) is 0 Å². The Morgan fingerprint density at radius 1 is 1.41 bits per heavy atom. The summed E-state index contributed by atoms with van der Waals surface area (Å²) in [5.41, 5.74) is 3.09. The molecule has 0 aromatic carbocycles. The van der Waals surface area contributed by atoms with E-state index in [0.717, 1.165) is 41.3 Å². The molecule has 2 heterocycles. The number of aromatic nitrogens is 4. The first-order valence-electron chi connectivity index (χ1n) is 5.92. The summed E-state index contributed by atoms with van der Waals surface area (Å²) in [6, 6.07) is 0. The molecule has 0 fully saturated rings. The maximum atomic E-state index is 5.38. The fourth-order valence-electron chi connectivity index (χ4n) is 1.99. The Hall–Kier alpha value is -1.14. The highest BCUT2D eigenvalue weighted by Gasteiger charge is 2.13. The van der Waals surface area contributed by atoms with Gasteiger partial charge in [0.05, 0.1) is 18.8 Å². The van der Waals surface area contributed by atoms with Crippen molar-refractivity contribution in [3.05, 3.63) is 10.5 Å². The van der Waals surface area contributed by atoms with E-state index in [9.17, 15) is 0 Å². The third-order valence-corrected chi connectivity index (χ3v) is 3.12. The smallest absolute Gasteiger partial charge is 0.179 e. The van der Waals surface area contributed by atoms with Crippen LogP contribution in [0, 0.1) is 11.7 Å². The van der Waals surface area contributed by atoms with Crippen LogP contribution in [0.2, 0.25) is 0 Å². The van der Waals surface area contributed by atoms with E-state index in [-0.39, 0.29) is 0 Å². The number of imidazole rings is 1. The Morgan fingerprint density at radius 2 is 2.18 bits per heavy atom. The van der Waals surface area contributed by atoms with Crippen molar-refractivity contribution in [3.63, 3.8) is 0 Å². The third kappa shape index (κ3) is 2.14. The molecular weight excluding hydrogens is 236 g/mol. The second kappa shape index (κ2) is 5.01. The fraction of sp³-hybridized carbons (Fsp3) is 0.636. The van der Waals surface area contributed by atoms with Crippen LogP contribution in [0.4, 0.5) is 0 Å². The summed E-state index contributed by atoms with van der Waals surface area (Å²) in [7, 11) is 0. The SMILES string of the molecule is CCOCCn1c(=S)[nH]c2c(C)nn(CC)c21. The molecule has 0 amide bonds. The fourth-order valence-corrected chi connectivity index (χ4v) is 2.27. The lowest BCUT2D eigenvalue weighted by atomic mass is 10.4. The van der Waals surface area contributed by atoms with Crippen LogP contribution in [-0.4, -0.2) is 32.5 Å². The molecule has 0 unspecified atom stereocenters. The molecule has 0 radical (unpaired) electrons. The number of nitrogens with one attached hydrogen (secondary N) is 1. The van der Waals surface area contributed by atoms with Gasteiger partial charge in [-0.05, 0) is 33.0 Å². The Bertz CT molecular complexity index is 566. The van der Waals surface area contributed by atoms with E-state index in [1.165, 1.54) is 0 Å². The van der Waals surface area contributed by atoms with Gasteiger partial charge in [0.2, 0.25) is 0 Å². The number of aryl methyl sites for hydroxylation is 2. The third-order valence-electron chi connectivity index (χ3n) is 2.80. The minimum atomic E-state index is 0.672. The van der Waals surface area contributed by atoms with Crippen molar-refractivity contribution >= 4 is 23.4 Å². The Balaban J connectivity index is 2.45. The molecule has 0 bridgehead atoms. The van der Waals surface area contributed by atoms with Crippen molar-refractivity contribution in [1.82, 2.24) is 19.3 Å². The van der Waals surface area contributed by atoms with Gasteiger partial charge < -0.3 is 9.72 Å². The lowest BCUT2D eigenvalue weighted by Gasteiger charge is -2.05. The highest BCUT2D eigenvalue weighted by Crippen LogP contribution is 2.17. The lowest BCUT2D eigenvalue weighted by molar-refractivity contribution is 0.139. The predicted octanol–water partition coefficient (Wildman–Crippen LogP) is 2.26. The molecule has 0 aliphatic carbocycles. The molecule has 0 spiro atoms. The van der Waals surface area contributed by atoms with Crippen LogP contribution in [0.25, 0.3) is 11.2 Å². The first-order chi connectivity index (χ1) is 8.19. The molecular formula is C11H18N4OS. The summed E-state index contributed by atoms with van der Waals surface area (Å²) in [6.07, 6.45) is 0. The summed E-state index contributed by atoms with van der Waals surface area (Å²) in [4.78, 5) is 3.22. The van der Waals surface area contributed by atoms with Gasteiger partial charge >= 0.3 is 0 Å². The van der Waals surface area contributed by atoms with E-state index in [2.05, 4.69) is 21.6 Å². The normalized spacial score (nSPS) is 11.5. The van der Waals surface area contributed by atoms with Crippen LogP contribution in [0.1, 0.15) is 19.5 Å². The molecule has 1 N–H and O–H groups in total. The number of nitrogens with zero attached hydrogens (tertiary/aromatic N) is 3. The number of aromatic amines is 1. The zero-order valence-corrected chi connectivity index (χ0v) is 11.3. The number of hydrogen-bond donors (Lipinski definition) is 1. The summed E-state index contributed by atoms with van der Waals surface area (Å²) < 4.78 is 10.2. The molecule has 0 saturated carbocycles. The van der Waals surface area contributed by atoms with E-state index in [0.29, 0.717) is 6.61 Å². The molecule has 6 heteroatoms. The van der Waals surface area contributed by atoms with Crippen LogP contribution >= 0.6 is 12.2 Å². The van der Waals surface area contributed by atoms with Gasteiger partial charge in [-0.15, -0.1) is 0 Å². The number of hydrogen-bond acceptors (Lipinski definition) is 3. The standard InChI is InChI=1S/C11H18N4OS/c1-4-15-10-9(8(3)13-15)12-11(17)14(10)6-7-16-5-2/h4-7H2,1-3H3,(H,12,17). The van der Waals surface area contributed by atoms with Gasteiger partial charge in [-0.25, -0.2) is 4.68 Å². The maximum absolute atomic E-state index is 5.38. The van der Waals surface area contributed by atoms with Crippen molar-refractivity contribution in [2.24, 2.45) is 0 Å². The van der Waals surface area contributed by atoms with Gasteiger partial charge in [-0.3, -0.25) is 4.57 Å².